The van der Waals surface area contributed by atoms with Gasteiger partial charge in [-0.15, -0.1) is 0 Å². The molecule has 1 N–H and O–H groups in total. The van der Waals surface area contributed by atoms with Crippen molar-refractivity contribution in [2.75, 3.05) is 35.3 Å². The minimum Gasteiger partial charge on any atom is -0.376 e. The zero-order valence-electron chi connectivity index (χ0n) is 18.4. The van der Waals surface area contributed by atoms with Crippen LogP contribution in [-0.4, -0.2) is 64.2 Å². The number of hydrogen-bond donors (Lipinski definition) is 1. The van der Waals surface area contributed by atoms with Gasteiger partial charge in [0, 0.05) is 24.5 Å². The number of sulfone groups is 1. The molecule has 3 rings (SSSR count). The Morgan fingerprint density at radius 3 is 2.25 bits per heavy atom. The maximum Gasteiger partial charge on any atom is 0.246 e. The van der Waals surface area contributed by atoms with E-state index >= 15 is 0 Å². The Bertz CT molecular complexity index is 1150. The molecule has 0 aliphatic carbocycles. The van der Waals surface area contributed by atoms with Crippen molar-refractivity contribution in [1.82, 2.24) is 4.31 Å². The number of anilines is 2. The van der Waals surface area contributed by atoms with Gasteiger partial charge in [-0.25, -0.2) is 16.8 Å². The Kier molecular flexibility index (Phi) is 7.26. The Balaban J connectivity index is 1.73. The van der Waals surface area contributed by atoms with Crippen LogP contribution in [0.5, 0.6) is 0 Å². The molecule has 1 aliphatic rings. The first-order chi connectivity index (χ1) is 15.0. The highest BCUT2D eigenvalue weighted by Crippen LogP contribution is 2.25. The van der Waals surface area contributed by atoms with Gasteiger partial charge in [-0.2, -0.15) is 4.31 Å². The van der Waals surface area contributed by atoms with E-state index in [0.29, 0.717) is 17.8 Å². The second-order valence-electron chi connectivity index (χ2n) is 8.15. The predicted molar refractivity (Wildman–Crippen MR) is 126 cm³/mol. The first kappa shape index (κ1) is 24.2. The first-order valence-corrected chi connectivity index (χ1v) is 13.7. The first-order valence-electron chi connectivity index (χ1n) is 10.4. The third-order valence-electron chi connectivity index (χ3n) is 5.58. The molecule has 1 aliphatic heterocycles. The van der Waals surface area contributed by atoms with Gasteiger partial charge in [0.15, 0.2) is 9.84 Å². The van der Waals surface area contributed by atoms with E-state index in [-0.39, 0.29) is 34.9 Å². The summed E-state index contributed by atoms with van der Waals surface area (Å²) in [5, 5.41) is 3.02. The maximum absolute atomic E-state index is 13.1. The quantitative estimate of drug-likeness (QED) is 0.623. The molecule has 0 bridgehead atoms. The number of rotatable bonds is 8. The van der Waals surface area contributed by atoms with Crippen LogP contribution in [0.15, 0.2) is 59.5 Å². The summed E-state index contributed by atoms with van der Waals surface area (Å²) in [5.41, 5.74) is 1.25. The molecule has 1 unspecified atom stereocenters. The second-order valence-corrected chi connectivity index (χ2v) is 12.4. The lowest BCUT2D eigenvalue weighted by Crippen LogP contribution is -2.44. The van der Waals surface area contributed by atoms with Crippen molar-refractivity contribution in [3.63, 3.8) is 0 Å². The molecule has 1 saturated heterocycles. The van der Waals surface area contributed by atoms with Crippen molar-refractivity contribution < 1.29 is 21.6 Å². The van der Waals surface area contributed by atoms with E-state index in [1.165, 1.54) is 23.5 Å². The molecule has 1 atom stereocenters. The minimum atomic E-state index is -3.58. The number of nitrogens with zero attached hydrogens (tertiary/aromatic N) is 2. The molecule has 0 aromatic heterocycles. The summed E-state index contributed by atoms with van der Waals surface area (Å²) in [6.07, 6.45) is 0.402. The molecule has 0 spiro atoms. The number of benzene rings is 2. The van der Waals surface area contributed by atoms with E-state index in [2.05, 4.69) is 5.32 Å². The zero-order chi connectivity index (χ0) is 23.5. The van der Waals surface area contributed by atoms with E-state index in [4.69, 9.17) is 0 Å². The van der Waals surface area contributed by atoms with Gasteiger partial charge < -0.3 is 10.2 Å². The highest BCUT2D eigenvalue weighted by molar-refractivity contribution is 7.91. The van der Waals surface area contributed by atoms with E-state index in [1.54, 1.807) is 55.1 Å². The van der Waals surface area contributed by atoms with Gasteiger partial charge in [0.25, 0.3) is 0 Å². The standard InChI is InChI=1S/C22H29N3O5S2/c1-17(2)24(3)32(29,30)21-11-9-18(10-12-21)23-15-22(26)25(19-7-5-4-6-8-19)20-13-14-31(27,28)16-20/h4-12,17,20,23H,13-16H2,1-3H3. The Morgan fingerprint density at radius 1 is 1.09 bits per heavy atom. The Labute approximate surface area is 190 Å². The molecule has 174 valence electrons. The Morgan fingerprint density at radius 2 is 1.72 bits per heavy atom. The third kappa shape index (κ3) is 5.48. The van der Waals surface area contributed by atoms with Gasteiger partial charge >= 0.3 is 0 Å². The molecule has 2 aromatic rings. The van der Waals surface area contributed by atoms with Gasteiger partial charge in [0.05, 0.1) is 29.0 Å². The molecule has 1 heterocycles. The fourth-order valence-corrected chi connectivity index (χ4v) is 6.64. The summed E-state index contributed by atoms with van der Waals surface area (Å²) in [6, 6.07) is 14.7. The molecule has 2 aromatic carbocycles. The molecule has 0 saturated carbocycles. The molecule has 10 heteroatoms. The average Bonchev–Trinajstić information content (AvgIpc) is 3.11. The zero-order valence-corrected chi connectivity index (χ0v) is 20.1. The highest BCUT2D eigenvalue weighted by Gasteiger charge is 2.35. The minimum absolute atomic E-state index is 0.0520. The van der Waals surface area contributed by atoms with Gasteiger partial charge in [-0.1, -0.05) is 18.2 Å². The van der Waals surface area contributed by atoms with Crippen LogP contribution in [0.2, 0.25) is 0 Å². The van der Waals surface area contributed by atoms with Crippen LogP contribution in [0.25, 0.3) is 0 Å². The SMILES string of the molecule is CC(C)N(C)S(=O)(=O)c1ccc(NCC(=O)N(c2ccccc2)C2CCS(=O)(=O)C2)cc1. The van der Waals surface area contributed by atoms with Crippen LogP contribution >= 0.6 is 0 Å². The third-order valence-corrected chi connectivity index (χ3v) is 9.38. The van der Waals surface area contributed by atoms with E-state index in [0.717, 1.165) is 0 Å². The molecule has 32 heavy (non-hydrogen) atoms. The summed E-state index contributed by atoms with van der Waals surface area (Å²) in [5.74, 6) is -0.235. The largest absolute Gasteiger partial charge is 0.376 e. The smallest absolute Gasteiger partial charge is 0.246 e. The highest BCUT2D eigenvalue weighted by atomic mass is 32.2. The molecular formula is C22H29N3O5S2. The van der Waals surface area contributed by atoms with E-state index in [9.17, 15) is 21.6 Å². The van der Waals surface area contributed by atoms with Crippen molar-refractivity contribution >= 4 is 37.1 Å². The topological polar surface area (TPSA) is 104 Å². The monoisotopic (exact) mass is 479 g/mol. The number of hydrogen-bond acceptors (Lipinski definition) is 6. The van der Waals surface area contributed by atoms with Crippen molar-refractivity contribution in [2.45, 2.75) is 37.2 Å². The fraction of sp³-hybridized carbons (Fsp3) is 0.409. The lowest BCUT2D eigenvalue weighted by atomic mass is 10.1. The molecule has 8 nitrogen and oxygen atoms in total. The van der Waals surface area contributed by atoms with Crippen molar-refractivity contribution in [2.24, 2.45) is 0 Å². The maximum atomic E-state index is 13.1. The summed E-state index contributed by atoms with van der Waals surface area (Å²) < 4.78 is 50.4. The lowest BCUT2D eigenvalue weighted by Gasteiger charge is -2.28. The normalized spacial score (nSPS) is 18.1. The van der Waals surface area contributed by atoms with Gasteiger partial charge in [-0.3, -0.25) is 4.79 Å². The lowest BCUT2D eigenvalue weighted by molar-refractivity contribution is -0.117. The van der Waals surface area contributed by atoms with Crippen LogP contribution in [-0.2, 0) is 24.7 Å². The van der Waals surface area contributed by atoms with Crippen LogP contribution < -0.4 is 10.2 Å². The average molecular weight is 480 g/mol. The number of sulfonamides is 1. The summed E-state index contributed by atoms with van der Waals surface area (Å²) in [6.45, 7) is 3.55. The predicted octanol–water partition coefficient (Wildman–Crippen LogP) is 2.35. The summed E-state index contributed by atoms with van der Waals surface area (Å²) in [4.78, 5) is 14.8. The van der Waals surface area contributed by atoms with Crippen LogP contribution in [0.3, 0.4) is 0 Å². The fourth-order valence-electron chi connectivity index (χ4n) is 3.58. The van der Waals surface area contributed by atoms with Crippen LogP contribution in [0.4, 0.5) is 11.4 Å². The number of carbonyl (C=O) groups excluding carboxylic acids is 1. The molecule has 1 fully saturated rings. The number of nitrogens with one attached hydrogen (secondary N) is 1. The Hall–Kier alpha value is -2.43. The van der Waals surface area contributed by atoms with E-state index < -0.39 is 25.9 Å². The van der Waals surface area contributed by atoms with Gasteiger partial charge in [-0.05, 0) is 56.7 Å². The van der Waals surface area contributed by atoms with E-state index in [1.807, 2.05) is 6.07 Å². The molecule has 1 amide bonds. The van der Waals surface area contributed by atoms with Crippen LogP contribution in [0, 0.1) is 0 Å². The number of para-hydroxylation sites is 1. The van der Waals surface area contributed by atoms with Gasteiger partial charge in [0.1, 0.15) is 0 Å². The summed E-state index contributed by atoms with van der Waals surface area (Å²) >= 11 is 0. The second kappa shape index (κ2) is 9.60. The van der Waals surface area contributed by atoms with Gasteiger partial charge in [0.2, 0.25) is 15.9 Å². The number of amides is 1. The van der Waals surface area contributed by atoms with Crippen molar-refractivity contribution in [3.8, 4) is 0 Å². The van der Waals surface area contributed by atoms with Crippen molar-refractivity contribution in [1.29, 1.82) is 0 Å². The van der Waals surface area contributed by atoms with Crippen LogP contribution in [0.1, 0.15) is 20.3 Å². The molecular weight excluding hydrogens is 450 g/mol. The molecule has 0 radical (unpaired) electrons. The van der Waals surface area contributed by atoms with Crippen molar-refractivity contribution in [3.05, 3.63) is 54.6 Å². The summed E-state index contributed by atoms with van der Waals surface area (Å²) in [7, 11) is -5.21. The number of carbonyl (C=O) groups is 1.